The number of fused-ring (bicyclic) bond motifs is 1. The van der Waals surface area contributed by atoms with E-state index in [1.165, 1.54) is 41.0 Å². The Labute approximate surface area is 201 Å². The van der Waals surface area contributed by atoms with E-state index in [4.69, 9.17) is 16.3 Å². The first-order valence-corrected chi connectivity index (χ1v) is 12.7. The zero-order valence-corrected chi connectivity index (χ0v) is 20.3. The summed E-state index contributed by atoms with van der Waals surface area (Å²) >= 11 is 7.71. The molecule has 0 aliphatic heterocycles. The summed E-state index contributed by atoms with van der Waals surface area (Å²) < 4.78 is 34.3. The topological polar surface area (TPSA) is 75.7 Å². The van der Waals surface area contributed by atoms with Crippen molar-refractivity contribution in [3.8, 4) is 5.75 Å². The molecule has 1 N–H and O–H groups in total. The number of para-hydroxylation sites is 1. The average Bonchev–Trinajstić information content (AvgIpc) is 3.17. The van der Waals surface area contributed by atoms with Crippen LogP contribution in [0.4, 0.5) is 11.4 Å². The number of sulfonamides is 1. The minimum absolute atomic E-state index is 0.0340. The summed E-state index contributed by atoms with van der Waals surface area (Å²) in [5, 5.41) is 3.92. The number of anilines is 2. The van der Waals surface area contributed by atoms with Crippen molar-refractivity contribution >= 4 is 60.3 Å². The molecule has 3 aromatic carbocycles. The Morgan fingerprint density at radius 2 is 1.76 bits per heavy atom. The molecular formula is C24H21ClN2O4S2. The van der Waals surface area contributed by atoms with Crippen molar-refractivity contribution in [2.45, 2.75) is 11.8 Å². The molecule has 0 atom stereocenters. The maximum Gasteiger partial charge on any atom is 0.267 e. The lowest BCUT2D eigenvalue weighted by Gasteiger charge is -2.23. The van der Waals surface area contributed by atoms with Gasteiger partial charge in [-0.2, -0.15) is 0 Å². The van der Waals surface area contributed by atoms with Gasteiger partial charge in [0.15, 0.2) is 0 Å². The second-order valence-electron chi connectivity index (χ2n) is 7.06. The van der Waals surface area contributed by atoms with Crippen LogP contribution in [0, 0.1) is 0 Å². The van der Waals surface area contributed by atoms with Crippen molar-refractivity contribution in [2.24, 2.45) is 0 Å². The molecule has 0 aliphatic rings. The highest BCUT2D eigenvalue weighted by atomic mass is 35.5. The summed E-state index contributed by atoms with van der Waals surface area (Å²) in [6.07, 6.45) is 0. The first kappa shape index (κ1) is 23.1. The third kappa shape index (κ3) is 4.42. The molecule has 1 amide bonds. The number of nitrogens with one attached hydrogen (secondary N) is 1. The van der Waals surface area contributed by atoms with Crippen LogP contribution in [-0.2, 0) is 10.0 Å². The maximum absolute atomic E-state index is 13.4. The Bertz CT molecular complexity index is 1420. The lowest BCUT2D eigenvalue weighted by molar-refractivity contribution is 0.103. The van der Waals surface area contributed by atoms with Crippen molar-refractivity contribution in [2.75, 3.05) is 23.3 Å². The van der Waals surface area contributed by atoms with Crippen molar-refractivity contribution in [1.29, 1.82) is 0 Å². The van der Waals surface area contributed by atoms with Gasteiger partial charge in [0, 0.05) is 16.6 Å². The predicted molar refractivity (Wildman–Crippen MR) is 134 cm³/mol. The van der Waals surface area contributed by atoms with Crippen LogP contribution in [-0.4, -0.2) is 28.0 Å². The van der Waals surface area contributed by atoms with E-state index in [0.29, 0.717) is 21.3 Å². The van der Waals surface area contributed by atoms with Gasteiger partial charge in [-0.05, 0) is 43.3 Å². The quantitative estimate of drug-likeness (QED) is 0.336. The van der Waals surface area contributed by atoms with Crippen LogP contribution in [0.15, 0.2) is 77.7 Å². The standard InChI is InChI=1S/C24H21ClN2O4S2/c1-3-27(16-9-5-4-6-10-16)33(29,30)17-13-14-20(31-2)19(15-17)26-24(28)23-22(25)18-11-7-8-12-21(18)32-23/h4-15H,3H2,1-2H3,(H,26,28). The van der Waals surface area contributed by atoms with Crippen LogP contribution < -0.4 is 14.4 Å². The molecular weight excluding hydrogens is 480 g/mol. The molecule has 9 heteroatoms. The van der Waals surface area contributed by atoms with Gasteiger partial charge in [-0.25, -0.2) is 8.42 Å². The summed E-state index contributed by atoms with van der Waals surface area (Å²) in [7, 11) is -2.43. The van der Waals surface area contributed by atoms with Crippen molar-refractivity contribution in [3.63, 3.8) is 0 Å². The molecule has 0 fully saturated rings. The van der Waals surface area contributed by atoms with E-state index in [1.807, 2.05) is 30.3 Å². The summed E-state index contributed by atoms with van der Waals surface area (Å²) in [6.45, 7) is 2.01. The number of carbonyl (C=O) groups is 1. The van der Waals surface area contributed by atoms with E-state index >= 15 is 0 Å². The first-order chi connectivity index (χ1) is 15.9. The second-order valence-corrected chi connectivity index (χ2v) is 10.4. The van der Waals surface area contributed by atoms with Gasteiger partial charge in [0.2, 0.25) is 0 Å². The van der Waals surface area contributed by atoms with Gasteiger partial charge in [-0.3, -0.25) is 9.10 Å². The monoisotopic (exact) mass is 500 g/mol. The number of ether oxygens (including phenoxy) is 1. The molecule has 0 saturated carbocycles. The number of benzene rings is 3. The number of hydrogen-bond acceptors (Lipinski definition) is 5. The second kappa shape index (κ2) is 9.43. The van der Waals surface area contributed by atoms with Gasteiger partial charge in [0.1, 0.15) is 10.6 Å². The minimum Gasteiger partial charge on any atom is -0.495 e. The van der Waals surface area contributed by atoms with Gasteiger partial charge in [-0.15, -0.1) is 11.3 Å². The molecule has 33 heavy (non-hydrogen) atoms. The first-order valence-electron chi connectivity index (χ1n) is 10.1. The molecule has 0 bridgehead atoms. The SMILES string of the molecule is CCN(c1ccccc1)S(=O)(=O)c1ccc(OC)c(NC(=O)c2sc3ccccc3c2Cl)c1. The third-order valence-corrected chi connectivity index (χ3v) is 8.65. The average molecular weight is 501 g/mol. The van der Waals surface area contributed by atoms with Crippen molar-refractivity contribution < 1.29 is 17.9 Å². The van der Waals surface area contributed by atoms with E-state index in [2.05, 4.69) is 5.32 Å². The molecule has 0 unspecified atom stereocenters. The molecule has 0 radical (unpaired) electrons. The number of methoxy groups -OCH3 is 1. The van der Waals surface area contributed by atoms with Crippen molar-refractivity contribution in [3.05, 3.63) is 82.7 Å². The van der Waals surface area contributed by atoms with Crippen LogP contribution >= 0.6 is 22.9 Å². The molecule has 0 aliphatic carbocycles. The Morgan fingerprint density at radius 1 is 1.06 bits per heavy atom. The van der Waals surface area contributed by atoms with E-state index in [-0.39, 0.29) is 17.1 Å². The highest BCUT2D eigenvalue weighted by Crippen LogP contribution is 2.37. The third-order valence-electron chi connectivity index (χ3n) is 5.08. The number of carbonyl (C=O) groups excluding carboxylic acids is 1. The van der Waals surface area contributed by atoms with Crippen LogP contribution in [0.2, 0.25) is 5.02 Å². The molecule has 4 rings (SSSR count). The maximum atomic E-state index is 13.4. The van der Waals surface area contributed by atoms with Crippen LogP contribution in [0.3, 0.4) is 0 Å². The highest BCUT2D eigenvalue weighted by Gasteiger charge is 2.26. The number of amides is 1. The normalized spacial score (nSPS) is 11.4. The summed E-state index contributed by atoms with van der Waals surface area (Å²) in [6, 6.07) is 20.7. The minimum atomic E-state index is -3.88. The van der Waals surface area contributed by atoms with Gasteiger partial charge >= 0.3 is 0 Å². The van der Waals surface area contributed by atoms with E-state index in [0.717, 1.165) is 10.1 Å². The predicted octanol–water partition coefficient (Wildman–Crippen LogP) is 6.03. The van der Waals surface area contributed by atoms with Crippen LogP contribution in [0.25, 0.3) is 10.1 Å². The van der Waals surface area contributed by atoms with Crippen molar-refractivity contribution in [1.82, 2.24) is 0 Å². The molecule has 1 heterocycles. The molecule has 6 nitrogen and oxygen atoms in total. The fourth-order valence-electron chi connectivity index (χ4n) is 3.50. The Hall–Kier alpha value is -3.07. The summed E-state index contributed by atoms with van der Waals surface area (Å²) in [5.74, 6) is -0.105. The number of halogens is 1. The zero-order valence-electron chi connectivity index (χ0n) is 17.9. The van der Waals surface area contributed by atoms with Crippen LogP contribution in [0.5, 0.6) is 5.75 Å². The van der Waals surface area contributed by atoms with E-state index in [9.17, 15) is 13.2 Å². The summed E-state index contributed by atoms with van der Waals surface area (Å²) in [5.41, 5.74) is 0.791. The van der Waals surface area contributed by atoms with E-state index < -0.39 is 15.9 Å². The largest absolute Gasteiger partial charge is 0.495 e. The molecule has 0 spiro atoms. The molecule has 0 saturated heterocycles. The Kier molecular flexibility index (Phi) is 6.60. The number of thiophene rings is 1. The molecule has 170 valence electrons. The Morgan fingerprint density at radius 3 is 2.42 bits per heavy atom. The fourth-order valence-corrected chi connectivity index (χ4v) is 6.41. The number of nitrogens with zero attached hydrogens (tertiary/aromatic N) is 1. The molecule has 1 aromatic heterocycles. The summed E-state index contributed by atoms with van der Waals surface area (Å²) in [4.78, 5) is 13.4. The Balaban J connectivity index is 1.71. The fraction of sp³-hybridized carbons (Fsp3) is 0.125. The van der Waals surface area contributed by atoms with Gasteiger partial charge in [0.05, 0.1) is 28.4 Å². The lowest BCUT2D eigenvalue weighted by Crippen LogP contribution is -2.30. The highest BCUT2D eigenvalue weighted by molar-refractivity contribution is 7.92. The smallest absolute Gasteiger partial charge is 0.267 e. The van der Waals surface area contributed by atoms with Gasteiger partial charge in [0.25, 0.3) is 15.9 Å². The molecule has 4 aromatic rings. The zero-order chi connectivity index (χ0) is 23.6. The number of rotatable bonds is 7. The van der Waals surface area contributed by atoms with Gasteiger partial charge in [-0.1, -0.05) is 48.0 Å². The van der Waals surface area contributed by atoms with Gasteiger partial charge < -0.3 is 10.1 Å². The lowest BCUT2D eigenvalue weighted by atomic mass is 10.2. The number of hydrogen-bond donors (Lipinski definition) is 1. The van der Waals surface area contributed by atoms with Crippen LogP contribution in [0.1, 0.15) is 16.6 Å². The van der Waals surface area contributed by atoms with E-state index in [1.54, 1.807) is 31.2 Å².